The number of carbonyl (C=O) groups excluding carboxylic acids is 2. The first-order valence-corrected chi connectivity index (χ1v) is 10.9. The van der Waals surface area contributed by atoms with Crippen LogP contribution in [0.4, 0.5) is 10.5 Å². The molecule has 1 aromatic carbocycles. The number of benzene rings is 1. The molecule has 3 amide bonds. The van der Waals surface area contributed by atoms with E-state index in [2.05, 4.69) is 10.6 Å². The summed E-state index contributed by atoms with van der Waals surface area (Å²) in [6.07, 6.45) is 0. The summed E-state index contributed by atoms with van der Waals surface area (Å²) in [4.78, 5) is 25.9. The van der Waals surface area contributed by atoms with Gasteiger partial charge in [0.2, 0.25) is 5.91 Å². The van der Waals surface area contributed by atoms with E-state index in [4.69, 9.17) is 4.74 Å². The van der Waals surface area contributed by atoms with Crippen molar-refractivity contribution in [3.05, 3.63) is 24.3 Å². The van der Waals surface area contributed by atoms with Gasteiger partial charge in [-0.2, -0.15) is 17.0 Å². The molecule has 0 aliphatic carbocycles. The molecule has 0 atom stereocenters. The molecule has 1 fully saturated rings. The van der Waals surface area contributed by atoms with Gasteiger partial charge in [0.1, 0.15) is 5.75 Å². The van der Waals surface area contributed by atoms with Crippen LogP contribution in [0, 0.1) is 0 Å². The van der Waals surface area contributed by atoms with Crippen molar-refractivity contribution in [2.24, 2.45) is 0 Å². The topological polar surface area (TPSA) is 111 Å². The van der Waals surface area contributed by atoms with Crippen molar-refractivity contribution in [1.29, 1.82) is 0 Å². The third-order valence-corrected chi connectivity index (χ3v) is 6.84. The monoisotopic (exact) mass is 427 g/mol. The van der Waals surface area contributed by atoms with E-state index in [0.717, 1.165) is 0 Å². The molecule has 0 spiro atoms. The van der Waals surface area contributed by atoms with E-state index in [1.807, 2.05) is 4.90 Å². The summed E-state index contributed by atoms with van der Waals surface area (Å²) in [5.41, 5.74) is 0.534. The highest BCUT2D eigenvalue weighted by molar-refractivity contribution is 7.86. The fraction of sp³-hybridized carbons (Fsp3) is 0.556. The number of anilines is 1. The van der Waals surface area contributed by atoms with Crippen molar-refractivity contribution < 1.29 is 22.7 Å². The summed E-state index contributed by atoms with van der Waals surface area (Å²) in [6.45, 7) is 5.94. The highest BCUT2D eigenvalue weighted by atomic mass is 32.2. The molecular weight excluding hydrogens is 398 g/mol. The van der Waals surface area contributed by atoms with E-state index in [1.165, 1.54) is 8.61 Å². The maximum Gasteiger partial charge on any atom is 0.325 e. The zero-order chi connectivity index (χ0) is 21.4. The number of nitrogens with zero attached hydrogens (tertiary/aromatic N) is 3. The maximum atomic E-state index is 12.5. The Kier molecular flexibility index (Phi) is 8.38. The van der Waals surface area contributed by atoms with Crippen LogP contribution in [0.3, 0.4) is 0 Å². The average molecular weight is 428 g/mol. The number of ether oxygens (including phenoxy) is 1. The maximum absolute atomic E-state index is 12.5. The molecule has 0 aromatic heterocycles. The normalized spacial score (nSPS) is 15.9. The number of rotatable bonds is 8. The lowest BCUT2D eigenvalue weighted by molar-refractivity contribution is -0.121. The molecule has 1 aliphatic heterocycles. The largest absolute Gasteiger partial charge is 0.497 e. The van der Waals surface area contributed by atoms with Gasteiger partial charge in [-0.3, -0.25) is 15.0 Å². The number of amides is 3. The van der Waals surface area contributed by atoms with Crippen molar-refractivity contribution in [3.63, 3.8) is 0 Å². The molecule has 10 nitrogen and oxygen atoms in total. The molecule has 0 saturated carbocycles. The van der Waals surface area contributed by atoms with Crippen LogP contribution in [-0.2, 0) is 15.0 Å². The highest BCUT2D eigenvalue weighted by Crippen LogP contribution is 2.15. The Labute approximate surface area is 172 Å². The van der Waals surface area contributed by atoms with Crippen molar-refractivity contribution in [3.8, 4) is 5.75 Å². The Morgan fingerprint density at radius 1 is 1.07 bits per heavy atom. The van der Waals surface area contributed by atoms with Gasteiger partial charge in [0.15, 0.2) is 0 Å². The van der Waals surface area contributed by atoms with Crippen LogP contribution < -0.4 is 15.4 Å². The Bertz CT molecular complexity index is 787. The van der Waals surface area contributed by atoms with E-state index in [1.54, 1.807) is 45.2 Å². The van der Waals surface area contributed by atoms with Gasteiger partial charge in [-0.15, -0.1) is 0 Å². The van der Waals surface area contributed by atoms with Crippen LogP contribution in [0.2, 0.25) is 0 Å². The number of carbonyl (C=O) groups is 2. The van der Waals surface area contributed by atoms with Gasteiger partial charge in [0, 0.05) is 45.0 Å². The summed E-state index contributed by atoms with van der Waals surface area (Å²) in [6, 6.07) is 6.10. The van der Waals surface area contributed by atoms with Gasteiger partial charge >= 0.3 is 6.03 Å². The number of imide groups is 1. The molecule has 2 N–H and O–H groups in total. The van der Waals surface area contributed by atoms with Crippen molar-refractivity contribution in [1.82, 2.24) is 18.8 Å². The third-order valence-electron chi connectivity index (χ3n) is 4.66. The van der Waals surface area contributed by atoms with Gasteiger partial charge in [-0.25, -0.2) is 4.79 Å². The standard InChI is InChI=1S/C18H29N5O5S/c1-4-22(5-2)29(26,27)23-12-10-21(11-13-23)14-17(24)20-18(25)19-15-6-8-16(28-3)9-7-15/h6-9H,4-5,10-14H2,1-3H3,(H2,19,20,24,25). The lowest BCUT2D eigenvalue weighted by atomic mass is 10.3. The van der Waals surface area contributed by atoms with E-state index < -0.39 is 22.1 Å². The zero-order valence-electron chi connectivity index (χ0n) is 17.1. The van der Waals surface area contributed by atoms with Gasteiger partial charge in [-0.05, 0) is 24.3 Å². The molecule has 29 heavy (non-hydrogen) atoms. The van der Waals surface area contributed by atoms with Crippen molar-refractivity contribution in [2.45, 2.75) is 13.8 Å². The summed E-state index contributed by atoms with van der Waals surface area (Å²) >= 11 is 0. The van der Waals surface area contributed by atoms with Crippen LogP contribution >= 0.6 is 0 Å². The van der Waals surface area contributed by atoms with Gasteiger partial charge in [0.05, 0.1) is 13.7 Å². The molecule has 1 aliphatic rings. The van der Waals surface area contributed by atoms with Crippen LogP contribution in [0.25, 0.3) is 0 Å². The van der Waals surface area contributed by atoms with Crippen LogP contribution in [0.15, 0.2) is 24.3 Å². The predicted molar refractivity (Wildman–Crippen MR) is 110 cm³/mol. The first kappa shape index (κ1) is 23.1. The molecule has 162 valence electrons. The fourth-order valence-electron chi connectivity index (χ4n) is 3.04. The number of methoxy groups -OCH3 is 1. The molecule has 0 unspecified atom stereocenters. The first-order valence-electron chi connectivity index (χ1n) is 9.52. The minimum Gasteiger partial charge on any atom is -0.497 e. The number of urea groups is 1. The highest BCUT2D eigenvalue weighted by Gasteiger charge is 2.31. The van der Waals surface area contributed by atoms with Crippen LogP contribution in [0.5, 0.6) is 5.75 Å². The van der Waals surface area contributed by atoms with E-state index in [0.29, 0.717) is 50.7 Å². The van der Waals surface area contributed by atoms with E-state index in [9.17, 15) is 18.0 Å². The molecule has 1 saturated heterocycles. The second kappa shape index (κ2) is 10.5. The summed E-state index contributed by atoms with van der Waals surface area (Å²) in [5.74, 6) is 0.213. The van der Waals surface area contributed by atoms with Crippen molar-refractivity contribution in [2.75, 3.05) is 58.2 Å². The first-order chi connectivity index (χ1) is 13.8. The molecule has 1 heterocycles. The summed E-state index contributed by atoms with van der Waals surface area (Å²) in [5, 5.41) is 4.86. The Balaban J connectivity index is 1.78. The average Bonchev–Trinajstić information content (AvgIpc) is 2.69. The fourth-order valence-corrected chi connectivity index (χ4v) is 4.64. The van der Waals surface area contributed by atoms with E-state index in [-0.39, 0.29) is 6.54 Å². The quantitative estimate of drug-likeness (QED) is 0.627. The number of hydrogen-bond donors (Lipinski definition) is 2. The molecule has 11 heteroatoms. The zero-order valence-corrected chi connectivity index (χ0v) is 17.9. The molecule has 0 bridgehead atoms. The molecule has 0 radical (unpaired) electrons. The third kappa shape index (κ3) is 6.39. The van der Waals surface area contributed by atoms with Crippen molar-refractivity contribution >= 4 is 27.8 Å². The Morgan fingerprint density at radius 2 is 1.66 bits per heavy atom. The number of piperazine rings is 1. The number of hydrogen-bond acceptors (Lipinski definition) is 6. The lowest BCUT2D eigenvalue weighted by Gasteiger charge is -2.35. The van der Waals surface area contributed by atoms with Gasteiger partial charge in [-0.1, -0.05) is 13.8 Å². The summed E-state index contributed by atoms with van der Waals surface area (Å²) < 4.78 is 33.0. The van der Waals surface area contributed by atoms with Crippen LogP contribution in [-0.4, -0.2) is 86.8 Å². The summed E-state index contributed by atoms with van der Waals surface area (Å²) in [7, 11) is -1.92. The second-order valence-corrected chi connectivity index (χ2v) is 8.43. The molecule has 2 rings (SSSR count). The predicted octanol–water partition coefficient (Wildman–Crippen LogP) is 0.548. The SMILES string of the molecule is CCN(CC)S(=O)(=O)N1CCN(CC(=O)NC(=O)Nc2ccc(OC)cc2)CC1. The number of nitrogens with one attached hydrogen (secondary N) is 2. The smallest absolute Gasteiger partial charge is 0.325 e. The van der Waals surface area contributed by atoms with Gasteiger partial charge < -0.3 is 10.1 Å². The Hall–Kier alpha value is -2.21. The Morgan fingerprint density at radius 3 is 2.17 bits per heavy atom. The van der Waals surface area contributed by atoms with Gasteiger partial charge in [0.25, 0.3) is 10.2 Å². The molecular formula is C18H29N5O5S. The minimum atomic E-state index is -3.47. The second-order valence-electron chi connectivity index (χ2n) is 6.50. The molecule has 1 aromatic rings. The minimum absolute atomic E-state index is 0.0230. The lowest BCUT2D eigenvalue weighted by Crippen LogP contribution is -2.54. The van der Waals surface area contributed by atoms with E-state index >= 15 is 0 Å². The van der Waals surface area contributed by atoms with Crippen LogP contribution in [0.1, 0.15) is 13.8 Å².